The van der Waals surface area contributed by atoms with Crippen molar-refractivity contribution in [1.82, 2.24) is 5.32 Å². The molecule has 0 aromatic heterocycles. The van der Waals surface area contributed by atoms with Crippen LogP contribution in [-0.4, -0.2) is 18.2 Å². The summed E-state index contributed by atoms with van der Waals surface area (Å²) in [7, 11) is 1.34. The summed E-state index contributed by atoms with van der Waals surface area (Å²) in [5.74, 6) is 0. The molecular formula is C10H12BrNO2. The summed E-state index contributed by atoms with van der Waals surface area (Å²) in [5.41, 5.74) is 1.16. The van der Waals surface area contributed by atoms with E-state index >= 15 is 0 Å². The molecule has 0 aliphatic rings. The second-order valence-electron chi connectivity index (χ2n) is 2.79. The average molecular weight is 258 g/mol. The van der Waals surface area contributed by atoms with Crippen LogP contribution in [-0.2, 0) is 11.2 Å². The van der Waals surface area contributed by atoms with Gasteiger partial charge in [-0.3, -0.25) is 0 Å². The van der Waals surface area contributed by atoms with Crippen molar-refractivity contribution in [3.05, 3.63) is 35.9 Å². The van der Waals surface area contributed by atoms with Gasteiger partial charge in [0.15, 0.2) is 0 Å². The zero-order valence-electron chi connectivity index (χ0n) is 7.87. The maximum atomic E-state index is 10.8. The van der Waals surface area contributed by atoms with E-state index < -0.39 is 6.09 Å². The Morgan fingerprint density at radius 1 is 1.50 bits per heavy atom. The lowest BCUT2D eigenvalue weighted by Crippen LogP contribution is -2.31. The molecule has 0 aliphatic carbocycles. The zero-order valence-corrected chi connectivity index (χ0v) is 9.45. The Labute approximate surface area is 91.6 Å². The van der Waals surface area contributed by atoms with Crippen molar-refractivity contribution in [3.63, 3.8) is 0 Å². The lowest BCUT2D eigenvalue weighted by atomic mass is 10.1. The highest BCUT2D eigenvalue weighted by Gasteiger charge is 2.08. The second kappa shape index (κ2) is 5.65. The first-order chi connectivity index (χ1) is 6.72. The normalized spacial score (nSPS) is 11.9. The minimum absolute atomic E-state index is 0.0997. The molecule has 0 fully saturated rings. The number of methoxy groups -OCH3 is 1. The monoisotopic (exact) mass is 257 g/mol. The summed E-state index contributed by atoms with van der Waals surface area (Å²) < 4.78 is 4.48. The summed E-state index contributed by atoms with van der Waals surface area (Å²) in [6.45, 7) is 0. The lowest BCUT2D eigenvalue weighted by molar-refractivity contribution is 0.170. The third-order valence-corrected chi connectivity index (χ3v) is 2.27. The van der Waals surface area contributed by atoms with Crippen LogP contribution < -0.4 is 5.32 Å². The van der Waals surface area contributed by atoms with Crippen LogP contribution in [0, 0.1) is 0 Å². The first-order valence-corrected chi connectivity index (χ1v) is 5.16. The predicted octanol–water partition coefficient (Wildman–Crippen LogP) is 2.31. The van der Waals surface area contributed by atoms with E-state index in [4.69, 9.17) is 0 Å². The zero-order chi connectivity index (χ0) is 10.4. The number of carbonyl (C=O) groups excluding carboxylic acids is 1. The van der Waals surface area contributed by atoms with Crippen LogP contribution in [0.3, 0.4) is 0 Å². The maximum Gasteiger partial charge on any atom is 0.407 e. The molecule has 1 N–H and O–H groups in total. The molecule has 0 heterocycles. The minimum atomic E-state index is -0.428. The van der Waals surface area contributed by atoms with Gasteiger partial charge in [-0.1, -0.05) is 46.3 Å². The average Bonchev–Trinajstić information content (AvgIpc) is 2.19. The van der Waals surface area contributed by atoms with Crippen LogP contribution in [0.15, 0.2) is 30.3 Å². The van der Waals surface area contributed by atoms with E-state index in [1.54, 1.807) is 0 Å². The highest BCUT2D eigenvalue weighted by Crippen LogP contribution is 2.07. The van der Waals surface area contributed by atoms with Crippen molar-refractivity contribution in [3.8, 4) is 0 Å². The number of alkyl carbamates (subject to hydrolysis) is 1. The van der Waals surface area contributed by atoms with Crippen molar-refractivity contribution in [2.75, 3.05) is 7.11 Å². The number of benzene rings is 1. The standard InChI is InChI=1S/C10H12BrNO2/c1-14-10(13)12-9(11)7-8-5-3-2-4-6-8/h2-6,9H,7H2,1H3,(H,12,13). The number of ether oxygens (including phenoxy) is 1. The molecule has 1 amide bonds. The van der Waals surface area contributed by atoms with Crippen LogP contribution in [0.2, 0.25) is 0 Å². The van der Waals surface area contributed by atoms with Gasteiger partial charge in [-0.2, -0.15) is 0 Å². The van der Waals surface area contributed by atoms with Crippen molar-refractivity contribution >= 4 is 22.0 Å². The van der Waals surface area contributed by atoms with Gasteiger partial charge >= 0.3 is 6.09 Å². The molecule has 1 aromatic rings. The number of hydrogen-bond donors (Lipinski definition) is 1. The molecule has 0 saturated heterocycles. The van der Waals surface area contributed by atoms with E-state index in [1.165, 1.54) is 7.11 Å². The van der Waals surface area contributed by atoms with E-state index in [-0.39, 0.29) is 4.95 Å². The molecule has 1 atom stereocenters. The molecule has 1 rings (SSSR count). The highest BCUT2D eigenvalue weighted by molar-refractivity contribution is 9.09. The number of carbonyl (C=O) groups is 1. The number of nitrogens with one attached hydrogen (secondary N) is 1. The van der Waals surface area contributed by atoms with Crippen LogP contribution in [0.25, 0.3) is 0 Å². The highest BCUT2D eigenvalue weighted by atomic mass is 79.9. The molecular weight excluding hydrogens is 246 g/mol. The molecule has 4 heteroatoms. The Morgan fingerprint density at radius 3 is 2.71 bits per heavy atom. The van der Waals surface area contributed by atoms with Crippen molar-refractivity contribution < 1.29 is 9.53 Å². The summed E-state index contributed by atoms with van der Waals surface area (Å²) in [6, 6.07) is 9.90. The fraction of sp³-hybridized carbons (Fsp3) is 0.300. The molecule has 0 aliphatic heterocycles. The largest absolute Gasteiger partial charge is 0.453 e. The van der Waals surface area contributed by atoms with Crippen molar-refractivity contribution in [2.45, 2.75) is 11.4 Å². The summed E-state index contributed by atoms with van der Waals surface area (Å²) in [4.78, 5) is 10.7. The molecule has 0 saturated carbocycles. The third kappa shape index (κ3) is 3.79. The number of amides is 1. The first-order valence-electron chi connectivity index (χ1n) is 4.25. The first kappa shape index (κ1) is 11.0. The van der Waals surface area contributed by atoms with Crippen molar-refractivity contribution in [1.29, 1.82) is 0 Å². The molecule has 1 unspecified atom stereocenters. The predicted molar refractivity (Wildman–Crippen MR) is 58.4 cm³/mol. The van der Waals surface area contributed by atoms with Gasteiger partial charge in [-0.05, 0) is 5.56 Å². The van der Waals surface area contributed by atoms with Gasteiger partial charge in [0.1, 0.15) is 0 Å². The van der Waals surface area contributed by atoms with Gasteiger partial charge in [0.25, 0.3) is 0 Å². The van der Waals surface area contributed by atoms with E-state index in [1.807, 2.05) is 30.3 Å². The van der Waals surface area contributed by atoms with Gasteiger partial charge in [0.05, 0.1) is 12.1 Å². The second-order valence-corrected chi connectivity index (χ2v) is 3.90. The fourth-order valence-corrected chi connectivity index (χ4v) is 1.62. The number of rotatable bonds is 3. The number of alkyl halides is 1. The molecule has 3 nitrogen and oxygen atoms in total. The van der Waals surface area contributed by atoms with E-state index in [0.717, 1.165) is 12.0 Å². The van der Waals surface area contributed by atoms with Crippen LogP contribution in [0.1, 0.15) is 5.56 Å². The van der Waals surface area contributed by atoms with Gasteiger partial charge < -0.3 is 10.1 Å². The van der Waals surface area contributed by atoms with Crippen LogP contribution in [0.4, 0.5) is 4.79 Å². The van der Waals surface area contributed by atoms with Crippen molar-refractivity contribution in [2.24, 2.45) is 0 Å². The smallest absolute Gasteiger partial charge is 0.407 e. The van der Waals surface area contributed by atoms with Gasteiger partial charge in [0, 0.05) is 6.42 Å². The molecule has 76 valence electrons. The Kier molecular flexibility index (Phi) is 4.46. The van der Waals surface area contributed by atoms with Crippen LogP contribution >= 0.6 is 15.9 Å². The Morgan fingerprint density at radius 2 is 2.14 bits per heavy atom. The summed E-state index contributed by atoms with van der Waals surface area (Å²) in [6.07, 6.45) is 0.304. The summed E-state index contributed by atoms with van der Waals surface area (Å²) >= 11 is 3.34. The topological polar surface area (TPSA) is 38.3 Å². The fourth-order valence-electron chi connectivity index (χ4n) is 1.06. The van der Waals surface area contributed by atoms with Gasteiger partial charge in [-0.15, -0.1) is 0 Å². The Hall–Kier alpha value is -1.03. The van der Waals surface area contributed by atoms with Crippen LogP contribution in [0.5, 0.6) is 0 Å². The molecule has 0 bridgehead atoms. The number of hydrogen-bond acceptors (Lipinski definition) is 2. The third-order valence-electron chi connectivity index (χ3n) is 1.72. The Bertz CT molecular complexity index is 289. The van der Waals surface area contributed by atoms with E-state index in [9.17, 15) is 4.79 Å². The molecule has 0 radical (unpaired) electrons. The lowest BCUT2D eigenvalue weighted by Gasteiger charge is -2.10. The molecule has 14 heavy (non-hydrogen) atoms. The van der Waals surface area contributed by atoms with E-state index in [0.29, 0.717) is 0 Å². The van der Waals surface area contributed by atoms with E-state index in [2.05, 4.69) is 26.0 Å². The number of halogens is 1. The minimum Gasteiger partial charge on any atom is -0.453 e. The molecule has 1 aromatic carbocycles. The summed E-state index contributed by atoms with van der Waals surface area (Å²) in [5, 5.41) is 2.63. The molecule has 0 spiro atoms. The van der Waals surface area contributed by atoms with Gasteiger partial charge in [0.2, 0.25) is 0 Å². The maximum absolute atomic E-state index is 10.8. The quantitative estimate of drug-likeness (QED) is 0.667. The van der Waals surface area contributed by atoms with Gasteiger partial charge in [-0.25, -0.2) is 4.79 Å². The Balaban J connectivity index is 2.41. The SMILES string of the molecule is COC(=O)NC(Br)Cc1ccccc1.